The van der Waals surface area contributed by atoms with E-state index < -0.39 is 20.0 Å². The highest BCUT2D eigenvalue weighted by Crippen LogP contribution is 2.34. The van der Waals surface area contributed by atoms with Crippen LogP contribution in [0.1, 0.15) is 11.1 Å². The van der Waals surface area contributed by atoms with Gasteiger partial charge in [-0.15, -0.1) is 0 Å². The molecule has 3 aromatic rings. The van der Waals surface area contributed by atoms with Crippen molar-refractivity contribution in [3.63, 3.8) is 0 Å². The van der Waals surface area contributed by atoms with Crippen molar-refractivity contribution >= 4 is 20.0 Å². The minimum absolute atomic E-state index is 0.00124. The molecule has 0 aromatic heterocycles. The maximum absolute atomic E-state index is 13.8. The van der Waals surface area contributed by atoms with Crippen molar-refractivity contribution in [2.45, 2.75) is 22.9 Å². The SMILES string of the molecule is COc1ccc(CN(Cc2ccc3c(c2)OCO3)S(=O)(=O)c2ccc(S(=O)(=O)N(C)C)cc2)cc1OC. The fraction of sp³-hybridized carbons (Fsp3) is 0.280. The van der Waals surface area contributed by atoms with Gasteiger partial charge in [-0.1, -0.05) is 12.1 Å². The Morgan fingerprint density at radius 3 is 1.84 bits per heavy atom. The molecular formula is C25H28N2O8S2. The molecule has 1 aliphatic heterocycles. The first-order chi connectivity index (χ1) is 17.6. The van der Waals surface area contributed by atoms with Crippen LogP contribution < -0.4 is 18.9 Å². The van der Waals surface area contributed by atoms with E-state index in [1.54, 1.807) is 36.4 Å². The highest BCUT2D eigenvalue weighted by atomic mass is 32.2. The zero-order valence-electron chi connectivity index (χ0n) is 20.9. The Kier molecular flexibility index (Phi) is 7.64. The van der Waals surface area contributed by atoms with E-state index >= 15 is 0 Å². The second-order valence-electron chi connectivity index (χ2n) is 8.41. The standard InChI is InChI=1S/C25H28N2O8S2/c1-26(2)36(28,29)20-7-9-21(10-8-20)37(30,31)27(15-18-5-11-22(32-3)24(13-18)33-4)16-19-6-12-23-25(14-19)35-17-34-23/h5-14H,15-17H2,1-4H3. The molecule has 0 unspecified atom stereocenters. The Bertz CT molecular complexity index is 1490. The summed E-state index contributed by atoms with van der Waals surface area (Å²) in [5.41, 5.74) is 1.37. The second-order valence-corrected chi connectivity index (χ2v) is 12.5. The van der Waals surface area contributed by atoms with E-state index in [0.29, 0.717) is 34.1 Å². The third-order valence-corrected chi connectivity index (χ3v) is 9.48. The van der Waals surface area contributed by atoms with Crippen molar-refractivity contribution in [1.29, 1.82) is 0 Å². The summed E-state index contributed by atoms with van der Waals surface area (Å²) in [5.74, 6) is 2.13. The third kappa shape index (κ3) is 5.52. The van der Waals surface area contributed by atoms with Crippen molar-refractivity contribution in [2.75, 3.05) is 35.1 Å². The van der Waals surface area contributed by atoms with Gasteiger partial charge in [0.2, 0.25) is 26.8 Å². The predicted octanol–water partition coefficient (Wildman–Crippen LogP) is 3.07. The van der Waals surface area contributed by atoms with E-state index in [9.17, 15) is 16.8 Å². The average Bonchev–Trinajstić information content (AvgIpc) is 3.36. The molecular weight excluding hydrogens is 520 g/mol. The number of ether oxygens (including phenoxy) is 4. The molecule has 1 heterocycles. The van der Waals surface area contributed by atoms with Crippen molar-refractivity contribution in [3.05, 3.63) is 71.8 Å². The number of sulfonamides is 2. The van der Waals surface area contributed by atoms with Crippen LogP contribution in [-0.2, 0) is 33.1 Å². The number of fused-ring (bicyclic) bond motifs is 1. The number of hydrogen-bond acceptors (Lipinski definition) is 8. The van der Waals surface area contributed by atoms with Crippen LogP contribution >= 0.6 is 0 Å². The molecule has 0 spiro atoms. The van der Waals surface area contributed by atoms with Gasteiger partial charge in [-0.3, -0.25) is 0 Å². The predicted molar refractivity (Wildman–Crippen MR) is 136 cm³/mol. The monoisotopic (exact) mass is 548 g/mol. The Balaban J connectivity index is 1.71. The molecule has 10 nitrogen and oxygen atoms in total. The lowest BCUT2D eigenvalue weighted by Crippen LogP contribution is -2.30. The summed E-state index contributed by atoms with van der Waals surface area (Å²) < 4.78 is 76.3. The van der Waals surface area contributed by atoms with Crippen LogP contribution in [0, 0.1) is 0 Å². The van der Waals surface area contributed by atoms with E-state index in [1.807, 2.05) is 0 Å². The number of benzene rings is 3. The minimum Gasteiger partial charge on any atom is -0.493 e. The van der Waals surface area contributed by atoms with Crippen molar-refractivity contribution in [3.8, 4) is 23.0 Å². The lowest BCUT2D eigenvalue weighted by Gasteiger charge is -2.23. The van der Waals surface area contributed by atoms with Crippen LogP contribution in [-0.4, -0.2) is 60.6 Å². The first-order valence-corrected chi connectivity index (χ1v) is 14.1. The van der Waals surface area contributed by atoms with E-state index in [1.165, 1.54) is 56.9 Å². The molecule has 0 atom stereocenters. The molecule has 0 aliphatic carbocycles. The van der Waals surface area contributed by atoms with Gasteiger partial charge in [-0.2, -0.15) is 4.31 Å². The van der Waals surface area contributed by atoms with Gasteiger partial charge in [0, 0.05) is 27.2 Å². The van der Waals surface area contributed by atoms with Gasteiger partial charge in [0.25, 0.3) is 0 Å². The molecule has 0 amide bonds. The summed E-state index contributed by atoms with van der Waals surface area (Å²) in [4.78, 5) is -0.0370. The fourth-order valence-corrected chi connectivity index (χ4v) is 6.11. The maximum atomic E-state index is 13.8. The van der Waals surface area contributed by atoms with Crippen molar-refractivity contribution in [1.82, 2.24) is 8.61 Å². The summed E-state index contributed by atoms with van der Waals surface area (Å²) in [6.45, 7) is 0.161. The number of nitrogens with zero attached hydrogens (tertiary/aromatic N) is 2. The van der Waals surface area contributed by atoms with E-state index in [4.69, 9.17) is 18.9 Å². The summed E-state index contributed by atoms with van der Waals surface area (Å²) >= 11 is 0. The van der Waals surface area contributed by atoms with Crippen LogP contribution in [0.4, 0.5) is 0 Å². The molecule has 0 saturated heterocycles. The van der Waals surface area contributed by atoms with Crippen molar-refractivity contribution in [2.24, 2.45) is 0 Å². The molecule has 0 radical (unpaired) electrons. The number of rotatable bonds is 10. The Morgan fingerprint density at radius 2 is 1.24 bits per heavy atom. The summed E-state index contributed by atoms with van der Waals surface area (Å²) in [5, 5.41) is 0. The quantitative estimate of drug-likeness (QED) is 0.380. The first kappa shape index (κ1) is 26.7. The lowest BCUT2D eigenvalue weighted by molar-refractivity contribution is 0.174. The molecule has 3 aromatic carbocycles. The van der Waals surface area contributed by atoms with E-state index in [0.717, 1.165) is 4.31 Å². The highest BCUT2D eigenvalue weighted by molar-refractivity contribution is 7.89. The molecule has 0 saturated carbocycles. The van der Waals surface area contributed by atoms with Crippen LogP contribution in [0.3, 0.4) is 0 Å². The molecule has 1 aliphatic rings. The third-order valence-electron chi connectivity index (χ3n) is 5.84. The normalized spacial score (nSPS) is 13.2. The molecule has 0 fully saturated rings. The van der Waals surface area contributed by atoms with Gasteiger partial charge in [0.15, 0.2) is 23.0 Å². The maximum Gasteiger partial charge on any atom is 0.243 e. The van der Waals surface area contributed by atoms with Gasteiger partial charge in [0.05, 0.1) is 24.0 Å². The van der Waals surface area contributed by atoms with Gasteiger partial charge < -0.3 is 18.9 Å². The molecule has 0 bridgehead atoms. The topological polar surface area (TPSA) is 112 Å². The summed E-state index contributed by atoms with van der Waals surface area (Å²) in [6.07, 6.45) is 0. The molecule has 198 valence electrons. The Hall–Kier alpha value is -3.32. The molecule has 4 rings (SSSR count). The number of hydrogen-bond donors (Lipinski definition) is 0. The van der Waals surface area contributed by atoms with Gasteiger partial charge in [-0.05, 0) is 59.7 Å². The Morgan fingerprint density at radius 1 is 0.703 bits per heavy atom. The molecule has 12 heteroatoms. The second kappa shape index (κ2) is 10.6. The minimum atomic E-state index is -4.05. The van der Waals surface area contributed by atoms with E-state index in [-0.39, 0.29) is 29.7 Å². The van der Waals surface area contributed by atoms with Crippen LogP contribution in [0.5, 0.6) is 23.0 Å². The first-order valence-electron chi connectivity index (χ1n) is 11.2. The number of methoxy groups -OCH3 is 2. The Labute approximate surface area is 217 Å². The smallest absolute Gasteiger partial charge is 0.243 e. The lowest BCUT2D eigenvalue weighted by atomic mass is 10.1. The summed E-state index contributed by atoms with van der Waals surface area (Å²) in [6, 6.07) is 15.6. The zero-order chi connectivity index (χ0) is 26.8. The van der Waals surface area contributed by atoms with Crippen molar-refractivity contribution < 1.29 is 35.8 Å². The fourth-order valence-electron chi connectivity index (χ4n) is 3.79. The van der Waals surface area contributed by atoms with Crippen LogP contribution in [0.25, 0.3) is 0 Å². The molecule has 0 N–H and O–H groups in total. The van der Waals surface area contributed by atoms with Crippen LogP contribution in [0.2, 0.25) is 0 Å². The van der Waals surface area contributed by atoms with Gasteiger partial charge in [-0.25, -0.2) is 21.1 Å². The zero-order valence-corrected chi connectivity index (χ0v) is 22.5. The highest BCUT2D eigenvalue weighted by Gasteiger charge is 2.27. The van der Waals surface area contributed by atoms with E-state index in [2.05, 4.69) is 0 Å². The molecule has 37 heavy (non-hydrogen) atoms. The largest absolute Gasteiger partial charge is 0.493 e. The van der Waals surface area contributed by atoms with Gasteiger partial charge >= 0.3 is 0 Å². The summed E-state index contributed by atoms with van der Waals surface area (Å²) in [7, 11) is -1.90. The average molecular weight is 549 g/mol. The van der Waals surface area contributed by atoms with Gasteiger partial charge in [0.1, 0.15) is 0 Å². The van der Waals surface area contributed by atoms with Crippen LogP contribution in [0.15, 0.2) is 70.5 Å².